The molecule has 236 valence electrons. The van der Waals surface area contributed by atoms with Crippen molar-refractivity contribution in [2.24, 2.45) is 17.8 Å². The van der Waals surface area contributed by atoms with Gasteiger partial charge in [-0.25, -0.2) is 0 Å². The molecule has 1 saturated heterocycles. The number of ether oxygens (including phenoxy) is 1. The van der Waals surface area contributed by atoms with E-state index < -0.39 is 36.4 Å². The minimum absolute atomic E-state index is 0.0769. The number of allylic oxidation sites excluding steroid dienone is 1. The Labute approximate surface area is 276 Å². The molecular formula is C35H37IN2O7. The third kappa shape index (κ3) is 6.79. The summed E-state index contributed by atoms with van der Waals surface area (Å²) in [6.45, 7) is 1.11. The van der Waals surface area contributed by atoms with E-state index in [-0.39, 0.29) is 24.7 Å². The first-order chi connectivity index (χ1) is 21.7. The average molecular weight is 725 g/mol. The number of rotatable bonds is 11. The van der Waals surface area contributed by atoms with E-state index in [1.807, 2.05) is 72.0 Å². The summed E-state index contributed by atoms with van der Waals surface area (Å²) in [4.78, 5) is 28.6. The highest BCUT2D eigenvalue weighted by atomic mass is 127. The summed E-state index contributed by atoms with van der Waals surface area (Å²) >= 11 is 2.03. The molecule has 2 amide bonds. The van der Waals surface area contributed by atoms with Gasteiger partial charge in [-0.05, 0) is 114 Å². The maximum Gasteiger partial charge on any atom is 0.238 e. The molecule has 5 N–H and O–H groups in total. The number of para-hydroxylation sites is 1. The molecule has 1 fully saturated rings. The van der Waals surface area contributed by atoms with E-state index >= 15 is 0 Å². The van der Waals surface area contributed by atoms with E-state index in [2.05, 4.69) is 5.32 Å². The quantitative estimate of drug-likeness (QED) is 0.101. The molecule has 9 nitrogen and oxygen atoms in total. The maximum atomic E-state index is 13.8. The third-order valence-corrected chi connectivity index (χ3v) is 9.44. The maximum absolute atomic E-state index is 13.8. The molecule has 1 heterocycles. The Bertz CT molecular complexity index is 1620. The van der Waals surface area contributed by atoms with E-state index in [1.54, 1.807) is 30.3 Å². The number of aliphatic hydroxyl groups is 3. The lowest BCUT2D eigenvalue weighted by molar-refractivity contribution is -0.123. The van der Waals surface area contributed by atoms with Gasteiger partial charge < -0.3 is 30.5 Å². The van der Waals surface area contributed by atoms with Gasteiger partial charge in [0, 0.05) is 17.3 Å². The normalized spacial score (nSPS) is 20.8. The fourth-order valence-electron chi connectivity index (χ4n) is 6.45. The summed E-state index contributed by atoms with van der Waals surface area (Å²) < 4.78 is 5.90. The van der Waals surface area contributed by atoms with Gasteiger partial charge in [-0.15, -0.1) is 0 Å². The summed E-state index contributed by atoms with van der Waals surface area (Å²) in [6, 6.07) is 20.2. The fourth-order valence-corrected chi connectivity index (χ4v) is 7.08. The molecule has 0 saturated carbocycles. The van der Waals surface area contributed by atoms with Gasteiger partial charge in [-0.2, -0.15) is 0 Å². The van der Waals surface area contributed by atoms with Crippen molar-refractivity contribution in [2.75, 3.05) is 30.5 Å². The monoisotopic (exact) mass is 724 g/mol. The topological polar surface area (TPSA) is 140 Å². The summed E-state index contributed by atoms with van der Waals surface area (Å²) in [5.74, 6) is -2.71. The number of carbonyl (C=O) groups excluding carboxylic acids is 2. The highest BCUT2D eigenvalue weighted by molar-refractivity contribution is 14.1. The first-order valence-corrected chi connectivity index (χ1v) is 15.9. The van der Waals surface area contributed by atoms with Crippen LogP contribution < -0.4 is 15.0 Å². The van der Waals surface area contributed by atoms with Crippen LogP contribution in [0.2, 0.25) is 0 Å². The molecule has 0 aromatic heterocycles. The van der Waals surface area contributed by atoms with Crippen LogP contribution in [-0.2, 0) is 9.59 Å². The predicted octanol–water partition coefficient (Wildman–Crippen LogP) is 5.40. The Balaban J connectivity index is 1.32. The Kier molecular flexibility index (Phi) is 10.3. The fraction of sp³-hybridized carbons (Fsp3) is 0.314. The average Bonchev–Trinajstić information content (AvgIpc) is 3.30. The number of carbonyl (C=O) groups is 2. The van der Waals surface area contributed by atoms with Crippen LogP contribution in [0.3, 0.4) is 0 Å². The summed E-state index contributed by atoms with van der Waals surface area (Å²) in [7, 11) is 1.49. The number of aliphatic hydroxyl groups excluding tert-OH is 3. The number of imide groups is 1. The van der Waals surface area contributed by atoms with Crippen molar-refractivity contribution in [1.29, 1.82) is 0 Å². The van der Waals surface area contributed by atoms with Gasteiger partial charge in [0.1, 0.15) is 0 Å². The van der Waals surface area contributed by atoms with Gasteiger partial charge >= 0.3 is 0 Å². The minimum Gasteiger partial charge on any atom is -0.504 e. The number of methoxy groups -OCH3 is 1. The number of anilines is 3. The van der Waals surface area contributed by atoms with Crippen molar-refractivity contribution in [2.45, 2.75) is 32.3 Å². The van der Waals surface area contributed by atoms with Crippen molar-refractivity contribution < 1.29 is 34.8 Å². The molecule has 0 bridgehead atoms. The van der Waals surface area contributed by atoms with Crippen molar-refractivity contribution in [3.05, 3.63) is 92.6 Å². The highest BCUT2D eigenvalue weighted by Gasteiger charge is 2.55. The number of nitrogens with zero attached hydrogens (tertiary/aromatic N) is 1. The van der Waals surface area contributed by atoms with Gasteiger partial charge in [-0.1, -0.05) is 29.8 Å². The molecular weight excluding hydrogens is 687 g/mol. The Hall–Kier alpha value is -3.71. The molecule has 0 radical (unpaired) electrons. The number of phenolic OH excluding ortho intramolecular Hbond substituents is 1. The number of amides is 2. The summed E-state index contributed by atoms with van der Waals surface area (Å²) in [6.07, 6.45) is 1.85. The number of fused-ring (bicyclic) bond motifs is 1. The number of nitrogens with one attached hydrogen (secondary N) is 1. The van der Waals surface area contributed by atoms with Crippen LogP contribution >= 0.6 is 22.6 Å². The van der Waals surface area contributed by atoms with Crippen molar-refractivity contribution in [3.8, 4) is 11.5 Å². The molecule has 1 aliphatic heterocycles. The molecule has 10 heteroatoms. The van der Waals surface area contributed by atoms with Crippen LogP contribution in [0.1, 0.15) is 31.7 Å². The van der Waals surface area contributed by atoms with E-state index in [9.17, 15) is 30.0 Å². The van der Waals surface area contributed by atoms with Crippen LogP contribution in [0.5, 0.6) is 11.5 Å². The summed E-state index contributed by atoms with van der Waals surface area (Å²) in [5, 5.41) is 45.6. The van der Waals surface area contributed by atoms with Gasteiger partial charge in [-0.3, -0.25) is 14.5 Å². The second-order valence-corrected chi connectivity index (χ2v) is 12.7. The Morgan fingerprint density at radius 1 is 1.07 bits per heavy atom. The number of hydrogen-bond acceptors (Lipinski definition) is 8. The zero-order valence-corrected chi connectivity index (χ0v) is 27.3. The molecule has 2 aliphatic rings. The zero-order chi connectivity index (χ0) is 32.2. The first kappa shape index (κ1) is 32.7. The second kappa shape index (κ2) is 14.2. The smallest absolute Gasteiger partial charge is 0.238 e. The lowest BCUT2D eigenvalue weighted by Crippen LogP contribution is -2.39. The van der Waals surface area contributed by atoms with Crippen molar-refractivity contribution >= 4 is 57.5 Å². The lowest BCUT2D eigenvalue weighted by atomic mass is 9.68. The molecule has 1 aliphatic carbocycles. The van der Waals surface area contributed by atoms with Crippen LogP contribution in [0.25, 0.3) is 6.08 Å². The predicted molar refractivity (Wildman–Crippen MR) is 181 cm³/mol. The minimum atomic E-state index is -1.02. The van der Waals surface area contributed by atoms with Crippen LogP contribution in [-0.4, -0.2) is 58.7 Å². The lowest BCUT2D eigenvalue weighted by Gasteiger charge is -2.36. The van der Waals surface area contributed by atoms with Gasteiger partial charge in [0.25, 0.3) is 0 Å². The number of benzene rings is 3. The van der Waals surface area contributed by atoms with Crippen molar-refractivity contribution in [3.63, 3.8) is 0 Å². The molecule has 3 aromatic rings. The molecule has 4 atom stereocenters. The van der Waals surface area contributed by atoms with Crippen LogP contribution in [0.4, 0.5) is 17.1 Å². The van der Waals surface area contributed by atoms with E-state index in [1.165, 1.54) is 12.0 Å². The zero-order valence-electron chi connectivity index (χ0n) is 25.1. The Morgan fingerprint density at radius 2 is 1.76 bits per heavy atom. The number of phenols is 1. The van der Waals surface area contributed by atoms with E-state index in [0.29, 0.717) is 39.0 Å². The van der Waals surface area contributed by atoms with E-state index in [4.69, 9.17) is 4.74 Å². The van der Waals surface area contributed by atoms with Crippen molar-refractivity contribution in [1.82, 2.24) is 0 Å². The highest BCUT2D eigenvalue weighted by Crippen LogP contribution is 2.47. The first-order valence-electron chi connectivity index (χ1n) is 14.8. The number of aromatic hydroxyl groups is 1. The van der Waals surface area contributed by atoms with Gasteiger partial charge in [0.05, 0.1) is 47.5 Å². The molecule has 0 spiro atoms. The molecule has 45 heavy (non-hydrogen) atoms. The molecule has 5 rings (SSSR count). The van der Waals surface area contributed by atoms with Gasteiger partial charge in [0.15, 0.2) is 11.5 Å². The van der Waals surface area contributed by atoms with Gasteiger partial charge in [0.2, 0.25) is 11.8 Å². The van der Waals surface area contributed by atoms with Crippen LogP contribution in [0.15, 0.2) is 83.4 Å². The molecule has 3 aromatic carbocycles. The third-order valence-electron chi connectivity index (χ3n) is 8.61. The van der Waals surface area contributed by atoms with E-state index in [0.717, 1.165) is 22.5 Å². The standard InChI is InChI=1S/C35H37IN2O7/c1-20(14-21-15-28(36)33(42)30(16-21)45-2)8-13-29(41)31-22(18-39)17-26-32(27(31)19-40)35(44)38(34(26)43)25-11-9-24(10-12-25)37-23-6-4-3-5-7-23/h3-7,9-12,14-16,26-27,29,32,37,39-42H,8,13,17-19H2,1-2H3/b20-14+/t26-,27+,29-,32-/m1/s1. The number of halogens is 1. The Morgan fingerprint density at radius 3 is 2.40 bits per heavy atom. The van der Waals surface area contributed by atoms with Crippen LogP contribution in [0, 0.1) is 21.3 Å². The SMILES string of the molecule is COc1cc(/C=C(\C)CC[C@@H](O)C2=C(CO)C[C@H]3C(=O)N(c4ccc(Nc5ccccc5)cc4)C(=O)[C@H]3[C@H]2CO)cc(I)c1O. The largest absolute Gasteiger partial charge is 0.504 e. The summed E-state index contributed by atoms with van der Waals surface area (Å²) in [5.41, 5.74) is 4.88. The molecule has 0 unspecified atom stereocenters. The second-order valence-electron chi connectivity index (χ2n) is 11.5. The number of hydrogen-bond donors (Lipinski definition) is 5.